The number of carbonyl (C=O) groups is 2. The second-order valence-corrected chi connectivity index (χ2v) is 24.2. The lowest BCUT2D eigenvalue weighted by Gasteiger charge is -2.35. The number of benzene rings is 2. The van der Waals surface area contributed by atoms with Gasteiger partial charge in [0, 0.05) is 98.5 Å². The van der Waals surface area contributed by atoms with Crippen LogP contribution in [0.1, 0.15) is 114 Å². The van der Waals surface area contributed by atoms with E-state index in [1.54, 1.807) is 54.4 Å². The standard InChI is InChI=1S/C25H31F2N5O3S.C24H31N5O4S.C2H6.2H2/c1-17-15-21(30-23(28-17)32-13-9-25(26,27)10-14-32)29-22(33)19-4-3-18(36(2,34)35)16-20(19)31-11-7-24(5-6-24)8-12-31;1-17-16-29(13-14-33-17)23-25-10-5-21(27-23)26-22(30)19-4-3-18(34(2,31)32)15-20(19)28-11-8-24(6-7-24)9-12-28;1-2;;/h3-4,15-16H,5-14H2,1-2H3,(H,28,29,30,33);3-5,10,15,17H,6-9,11-14,16H2,1-2H3,(H,25,26,27,30);1-2H3;2*1H/t;17-;;;/m.1.../s1. The molecule has 1 atom stereocenters. The Morgan fingerprint density at radius 3 is 1.57 bits per heavy atom. The van der Waals surface area contributed by atoms with Gasteiger partial charge in [-0.1, -0.05) is 13.8 Å². The number of ether oxygens (including phenoxy) is 1. The number of aryl methyl sites for hydroxylation is 1. The molecular weight excluding hydrogens is 967 g/mol. The Morgan fingerprint density at radius 2 is 1.10 bits per heavy atom. The molecule has 2 aromatic carbocycles. The molecule has 72 heavy (non-hydrogen) atoms. The molecule has 4 aliphatic heterocycles. The predicted octanol–water partition coefficient (Wildman–Crippen LogP) is 8.31. The number of nitrogens with zero attached hydrogens (tertiary/aromatic N) is 8. The van der Waals surface area contributed by atoms with Crippen LogP contribution >= 0.6 is 0 Å². The summed E-state index contributed by atoms with van der Waals surface area (Å²) in [5.41, 5.74) is 3.57. The third-order valence-electron chi connectivity index (χ3n) is 14.8. The maximum Gasteiger partial charge on any atom is 0.258 e. The van der Waals surface area contributed by atoms with Crippen LogP contribution < -0.4 is 30.2 Å². The number of nitrogens with one attached hydrogen (secondary N) is 2. The van der Waals surface area contributed by atoms with Gasteiger partial charge in [-0.3, -0.25) is 9.59 Å². The fourth-order valence-electron chi connectivity index (χ4n) is 9.92. The van der Waals surface area contributed by atoms with Crippen molar-refractivity contribution in [2.45, 2.75) is 114 Å². The van der Waals surface area contributed by atoms with Gasteiger partial charge >= 0.3 is 0 Å². The number of rotatable bonds is 10. The summed E-state index contributed by atoms with van der Waals surface area (Å²) < 4.78 is 81.6. The molecule has 21 heteroatoms. The Morgan fingerprint density at radius 1 is 0.625 bits per heavy atom. The summed E-state index contributed by atoms with van der Waals surface area (Å²) in [5.74, 6) is -1.88. The molecular formula is C51H72F2N10O7S2. The summed E-state index contributed by atoms with van der Waals surface area (Å²) in [7, 11) is -6.84. The fourth-order valence-corrected chi connectivity index (χ4v) is 11.2. The van der Waals surface area contributed by atoms with Crippen LogP contribution in [0.4, 0.5) is 43.7 Å². The van der Waals surface area contributed by atoms with Gasteiger partial charge in [0.05, 0.1) is 45.0 Å². The quantitative estimate of drug-likeness (QED) is 0.154. The Hall–Kier alpha value is -5.54. The normalized spacial score (nSPS) is 20.9. The minimum atomic E-state index is -3.45. The summed E-state index contributed by atoms with van der Waals surface area (Å²) in [4.78, 5) is 52.8. The number of alkyl halides is 2. The SMILES string of the molecule is CC.C[C@@H]1CN(c2nccc(NC(=O)c3ccc(S(C)(=O)=O)cc3N3CCC4(CC3)CC4)n2)CCO1.Cc1cc(NC(=O)c2ccc(S(C)(=O)=O)cc2N2CCC3(CC2)CC3)nc(N2CCC(F)(F)CC2)n1.[HH].[HH]. The second kappa shape index (κ2) is 21.1. The van der Waals surface area contributed by atoms with Crippen LogP contribution in [-0.2, 0) is 24.4 Å². The van der Waals surface area contributed by atoms with Gasteiger partial charge in [-0.2, -0.15) is 9.97 Å². The van der Waals surface area contributed by atoms with Crippen molar-refractivity contribution in [2.24, 2.45) is 10.8 Å². The first-order valence-corrected chi connectivity index (χ1v) is 28.9. The van der Waals surface area contributed by atoms with Gasteiger partial charge in [-0.15, -0.1) is 0 Å². The number of hydrogen-bond donors (Lipinski definition) is 2. The number of aromatic nitrogens is 4. The molecule has 17 nitrogen and oxygen atoms in total. The van der Waals surface area contributed by atoms with E-state index in [0.717, 1.165) is 58.1 Å². The summed E-state index contributed by atoms with van der Waals surface area (Å²) >= 11 is 0. The first-order valence-electron chi connectivity index (χ1n) is 25.1. The number of sulfone groups is 2. The number of amides is 2. The number of piperidine rings is 3. The molecule has 0 unspecified atom stereocenters. The van der Waals surface area contributed by atoms with Crippen molar-refractivity contribution in [1.29, 1.82) is 0 Å². The topological polar surface area (TPSA) is 200 Å². The van der Waals surface area contributed by atoms with Crippen LogP contribution in [0.3, 0.4) is 0 Å². The highest BCUT2D eigenvalue weighted by molar-refractivity contribution is 7.91. The first kappa shape index (κ1) is 52.8. The van der Waals surface area contributed by atoms with Crippen LogP contribution in [0, 0.1) is 17.8 Å². The molecule has 2 aliphatic carbocycles. The molecule has 2 spiro atoms. The van der Waals surface area contributed by atoms with E-state index in [0.29, 0.717) is 76.4 Å². The highest BCUT2D eigenvalue weighted by Crippen LogP contribution is 2.55. The third kappa shape index (κ3) is 12.8. The van der Waals surface area contributed by atoms with E-state index in [9.17, 15) is 35.2 Å². The number of carbonyl (C=O) groups excluding carboxylic acids is 2. The molecule has 394 valence electrons. The zero-order chi connectivity index (χ0) is 51.6. The Balaban J connectivity index is 0.000000228. The predicted molar refractivity (Wildman–Crippen MR) is 280 cm³/mol. The molecule has 0 radical (unpaired) electrons. The van der Waals surface area contributed by atoms with Gasteiger partial charge in [-0.05, 0) is 119 Å². The number of anilines is 6. The average molecular weight is 1040 g/mol. The zero-order valence-corrected chi connectivity index (χ0v) is 43.8. The maximum absolute atomic E-state index is 13.6. The van der Waals surface area contributed by atoms with Crippen LogP contribution in [0.2, 0.25) is 0 Å². The van der Waals surface area contributed by atoms with Gasteiger partial charge in [0.1, 0.15) is 11.6 Å². The van der Waals surface area contributed by atoms with E-state index in [-0.39, 0.29) is 56.4 Å². The minimum Gasteiger partial charge on any atom is -0.375 e. The summed E-state index contributed by atoms with van der Waals surface area (Å²) in [6.07, 6.45) is 12.8. The van der Waals surface area contributed by atoms with Crippen LogP contribution in [0.25, 0.3) is 0 Å². The van der Waals surface area contributed by atoms with Gasteiger partial charge in [-0.25, -0.2) is 35.6 Å². The molecule has 2 aromatic heterocycles. The minimum absolute atomic E-state index is 0. The number of morpholine rings is 1. The molecule has 4 saturated heterocycles. The number of hydrogen-bond acceptors (Lipinski definition) is 15. The van der Waals surface area contributed by atoms with Crippen LogP contribution in [0.5, 0.6) is 0 Å². The third-order valence-corrected chi connectivity index (χ3v) is 17.0. The van der Waals surface area contributed by atoms with Crippen molar-refractivity contribution in [3.8, 4) is 0 Å². The molecule has 6 heterocycles. The largest absolute Gasteiger partial charge is 0.375 e. The van der Waals surface area contributed by atoms with Crippen molar-refractivity contribution in [2.75, 3.05) is 102 Å². The van der Waals surface area contributed by atoms with Gasteiger partial charge in [0.25, 0.3) is 17.7 Å². The summed E-state index contributed by atoms with van der Waals surface area (Å²) in [5, 5.41) is 5.71. The fraction of sp³-hybridized carbons (Fsp3) is 0.569. The molecule has 2 amide bonds. The van der Waals surface area contributed by atoms with Crippen molar-refractivity contribution in [1.82, 2.24) is 19.9 Å². The molecule has 10 rings (SSSR count). The first-order chi connectivity index (χ1) is 34.2. The average Bonchev–Trinajstić information content (AvgIpc) is 4.29. The van der Waals surface area contributed by atoms with Crippen molar-refractivity contribution < 1.29 is 42.8 Å². The van der Waals surface area contributed by atoms with Gasteiger partial charge in [0.15, 0.2) is 19.7 Å². The van der Waals surface area contributed by atoms with E-state index in [4.69, 9.17) is 4.74 Å². The van der Waals surface area contributed by atoms with E-state index in [2.05, 4.69) is 40.4 Å². The second-order valence-electron chi connectivity index (χ2n) is 20.2. The van der Waals surface area contributed by atoms with E-state index in [1.807, 2.05) is 25.7 Å². The highest BCUT2D eigenvalue weighted by atomic mass is 32.2. The Bertz CT molecular complexity index is 2870. The van der Waals surface area contributed by atoms with E-state index >= 15 is 0 Å². The number of halogens is 2. The van der Waals surface area contributed by atoms with Crippen molar-refractivity contribution in [3.63, 3.8) is 0 Å². The Labute approximate surface area is 425 Å². The summed E-state index contributed by atoms with van der Waals surface area (Å²) in [6.45, 7) is 13.2. The molecule has 2 saturated carbocycles. The molecule has 0 bridgehead atoms. The molecule has 6 fully saturated rings. The highest BCUT2D eigenvalue weighted by Gasteiger charge is 2.46. The maximum atomic E-state index is 13.6. The molecule has 6 aliphatic rings. The lowest BCUT2D eigenvalue weighted by atomic mass is 9.93. The summed E-state index contributed by atoms with van der Waals surface area (Å²) in [6, 6.07) is 12.6. The van der Waals surface area contributed by atoms with Gasteiger partial charge in [0.2, 0.25) is 11.9 Å². The van der Waals surface area contributed by atoms with Crippen molar-refractivity contribution in [3.05, 3.63) is 71.5 Å². The van der Waals surface area contributed by atoms with Crippen LogP contribution in [-0.4, -0.2) is 132 Å². The monoisotopic (exact) mass is 1040 g/mol. The Kier molecular flexibility index (Phi) is 15.5. The zero-order valence-electron chi connectivity index (χ0n) is 42.2. The lowest BCUT2D eigenvalue weighted by molar-refractivity contribution is -0.0222. The molecule has 2 N–H and O–H groups in total. The van der Waals surface area contributed by atoms with Gasteiger partial charge < -0.3 is 35.0 Å². The smallest absolute Gasteiger partial charge is 0.258 e. The molecule has 4 aromatic rings. The van der Waals surface area contributed by atoms with E-state index < -0.39 is 31.5 Å². The van der Waals surface area contributed by atoms with Crippen LogP contribution in [0.15, 0.2) is 64.5 Å². The van der Waals surface area contributed by atoms with E-state index in [1.165, 1.54) is 44.1 Å². The lowest BCUT2D eigenvalue weighted by Crippen LogP contribution is -2.42. The van der Waals surface area contributed by atoms with Crippen molar-refractivity contribution >= 4 is 66.4 Å².